The van der Waals surface area contributed by atoms with Crippen LogP contribution in [0.3, 0.4) is 0 Å². The predicted octanol–water partition coefficient (Wildman–Crippen LogP) is 3.50. The van der Waals surface area contributed by atoms with Gasteiger partial charge in [-0.15, -0.1) is 0 Å². The number of aryl methyl sites for hydroxylation is 1. The highest BCUT2D eigenvalue weighted by Gasteiger charge is 2.21. The van der Waals surface area contributed by atoms with Crippen LogP contribution in [0.25, 0.3) is 5.57 Å². The van der Waals surface area contributed by atoms with Crippen LogP contribution < -0.4 is 10.2 Å². The normalized spacial score (nSPS) is 16.2. The number of nitrogens with zero attached hydrogens (tertiary/aromatic N) is 4. The number of hydrogen-bond donors (Lipinski definition) is 1. The van der Waals surface area contributed by atoms with Gasteiger partial charge in [0.2, 0.25) is 5.82 Å². The first-order chi connectivity index (χ1) is 16.1. The van der Waals surface area contributed by atoms with Crippen molar-refractivity contribution in [2.45, 2.75) is 26.3 Å². The van der Waals surface area contributed by atoms with Gasteiger partial charge in [0, 0.05) is 43.0 Å². The second kappa shape index (κ2) is 9.11. The van der Waals surface area contributed by atoms with E-state index in [4.69, 9.17) is 4.74 Å². The van der Waals surface area contributed by atoms with E-state index in [1.807, 2.05) is 44.3 Å². The summed E-state index contributed by atoms with van der Waals surface area (Å²) in [6.45, 7) is 7.20. The zero-order valence-electron chi connectivity index (χ0n) is 18.9. The summed E-state index contributed by atoms with van der Waals surface area (Å²) in [7, 11) is 0. The van der Waals surface area contributed by atoms with E-state index in [0.29, 0.717) is 0 Å². The van der Waals surface area contributed by atoms with Gasteiger partial charge in [-0.25, -0.2) is 9.97 Å². The van der Waals surface area contributed by atoms with Crippen molar-refractivity contribution in [1.82, 2.24) is 20.3 Å². The first kappa shape index (κ1) is 21.3. The minimum atomic E-state index is -0.285. The van der Waals surface area contributed by atoms with Crippen LogP contribution >= 0.6 is 0 Å². The summed E-state index contributed by atoms with van der Waals surface area (Å²) in [5.74, 6) is -0.122. The third-order valence-electron chi connectivity index (χ3n) is 6.21. The molecule has 1 aromatic carbocycles. The van der Waals surface area contributed by atoms with Gasteiger partial charge in [0.25, 0.3) is 5.91 Å². The molecule has 0 bridgehead atoms. The molecule has 168 valence electrons. The maximum absolute atomic E-state index is 12.7. The van der Waals surface area contributed by atoms with Crippen molar-refractivity contribution in [3.05, 3.63) is 88.8 Å². The van der Waals surface area contributed by atoms with Crippen LogP contribution in [0.1, 0.15) is 51.5 Å². The van der Waals surface area contributed by atoms with E-state index in [-0.39, 0.29) is 17.8 Å². The topological polar surface area (TPSA) is 80.2 Å². The number of aromatic nitrogens is 3. The molecular weight excluding hydrogens is 414 g/mol. The highest BCUT2D eigenvalue weighted by Crippen LogP contribution is 2.33. The average molecular weight is 442 g/mol. The Hall–Kier alpha value is -3.58. The van der Waals surface area contributed by atoms with Gasteiger partial charge in [0.15, 0.2) is 0 Å². The fourth-order valence-corrected chi connectivity index (χ4v) is 4.24. The molecule has 2 aliphatic rings. The molecule has 5 rings (SSSR count). The lowest BCUT2D eigenvalue weighted by Crippen LogP contribution is -2.36. The molecule has 3 aromatic rings. The van der Waals surface area contributed by atoms with Crippen molar-refractivity contribution in [3.63, 3.8) is 0 Å². The van der Waals surface area contributed by atoms with Crippen molar-refractivity contribution in [3.8, 4) is 0 Å². The number of carbonyl (C=O) groups is 1. The largest absolute Gasteiger partial charge is 0.378 e. The Balaban J connectivity index is 1.30. The molecule has 0 radical (unpaired) electrons. The lowest BCUT2D eigenvalue weighted by molar-refractivity contribution is 0.0929. The monoisotopic (exact) mass is 441 g/mol. The van der Waals surface area contributed by atoms with Gasteiger partial charge in [-0.3, -0.25) is 9.78 Å². The van der Waals surface area contributed by atoms with E-state index in [1.54, 1.807) is 12.4 Å². The second-order valence-corrected chi connectivity index (χ2v) is 8.51. The van der Waals surface area contributed by atoms with Gasteiger partial charge in [0.05, 0.1) is 36.8 Å². The maximum atomic E-state index is 12.7. The van der Waals surface area contributed by atoms with Crippen molar-refractivity contribution in [2.24, 2.45) is 0 Å². The average Bonchev–Trinajstić information content (AvgIpc) is 3.28. The number of fused-ring (bicyclic) bond motifs is 1. The standard InChI is InChI=1S/C26H27N5O2/c1-17-3-5-19(6-4-17)18(2)30-26(32)25-28-14-20(15-29-25)22-7-8-24-23(22)13-21(16-27-24)31-9-11-33-12-10-31/h3-7,13-16,18H,8-12H2,1-2H3,(H,30,32)/t18-/m1/s1. The number of pyridine rings is 1. The third-order valence-corrected chi connectivity index (χ3v) is 6.21. The quantitative estimate of drug-likeness (QED) is 0.653. The lowest BCUT2D eigenvalue weighted by Gasteiger charge is -2.29. The van der Waals surface area contributed by atoms with E-state index < -0.39 is 0 Å². The molecule has 1 aliphatic carbocycles. The number of anilines is 1. The fourth-order valence-electron chi connectivity index (χ4n) is 4.24. The summed E-state index contributed by atoms with van der Waals surface area (Å²) in [6, 6.07) is 10.2. The molecule has 33 heavy (non-hydrogen) atoms. The number of hydrogen-bond acceptors (Lipinski definition) is 6. The molecule has 3 heterocycles. The molecular formula is C26H27N5O2. The number of amides is 1. The van der Waals surface area contributed by atoms with Crippen LogP contribution in [-0.2, 0) is 11.2 Å². The summed E-state index contributed by atoms with van der Waals surface area (Å²) >= 11 is 0. The van der Waals surface area contributed by atoms with E-state index in [1.165, 1.54) is 5.56 Å². The van der Waals surface area contributed by atoms with Crippen molar-refractivity contribution >= 4 is 17.2 Å². The van der Waals surface area contributed by atoms with E-state index in [9.17, 15) is 4.79 Å². The molecule has 1 atom stereocenters. The summed E-state index contributed by atoms with van der Waals surface area (Å²) in [6.07, 6.45) is 8.32. The van der Waals surface area contributed by atoms with Crippen LogP contribution in [0.4, 0.5) is 5.69 Å². The molecule has 7 heteroatoms. The molecule has 1 aliphatic heterocycles. The van der Waals surface area contributed by atoms with Crippen molar-refractivity contribution < 1.29 is 9.53 Å². The van der Waals surface area contributed by atoms with Crippen LogP contribution in [0.15, 0.2) is 55.0 Å². The first-order valence-corrected chi connectivity index (χ1v) is 11.3. The summed E-state index contributed by atoms with van der Waals surface area (Å²) in [5, 5.41) is 2.98. The highest BCUT2D eigenvalue weighted by molar-refractivity contribution is 5.91. The first-order valence-electron chi connectivity index (χ1n) is 11.3. The van der Waals surface area contributed by atoms with Crippen LogP contribution in [0, 0.1) is 6.92 Å². The zero-order chi connectivity index (χ0) is 22.8. The molecule has 1 N–H and O–H groups in total. The van der Waals surface area contributed by atoms with E-state index in [2.05, 4.69) is 37.3 Å². The Morgan fingerprint density at radius 1 is 1.06 bits per heavy atom. The van der Waals surface area contributed by atoms with Crippen LogP contribution in [0.2, 0.25) is 0 Å². The second-order valence-electron chi connectivity index (χ2n) is 8.51. The van der Waals surface area contributed by atoms with E-state index in [0.717, 1.165) is 66.4 Å². The Labute approximate surface area is 193 Å². The molecule has 1 saturated heterocycles. The van der Waals surface area contributed by atoms with Gasteiger partial charge in [-0.05, 0) is 31.1 Å². The fraction of sp³-hybridized carbons (Fsp3) is 0.308. The number of nitrogens with one attached hydrogen (secondary N) is 1. The van der Waals surface area contributed by atoms with Gasteiger partial charge >= 0.3 is 0 Å². The zero-order valence-corrected chi connectivity index (χ0v) is 18.9. The SMILES string of the molecule is Cc1ccc([C@@H](C)NC(=O)c2ncc(C3=CCc4ncc(N5CCOCC5)cc43)cn2)cc1. The Kier molecular flexibility index (Phi) is 5.88. The van der Waals surface area contributed by atoms with Gasteiger partial charge in [-0.1, -0.05) is 35.9 Å². The van der Waals surface area contributed by atoms with Crippen LogP contribution in [-0.4, -0.2) is 47.2 Å². The predicted molar refractivity (Wildman–Crippen MR) is 127 cm³/mol. The summed E-state index contributed by atoms with van der Waals surface area (Å²) in [5.41, 5.74) is 7.44. The maximum Gasteiger partial charge on any atom is 0.289 e. The number of benzene rings is 1. The number of ether oxygens (including phenoxy) is 1. The van der Waals surface area contributed by atoms with Crippen LogP contribution in [0.5, 0.6) is 0 Å². The molecule has 0 spiro atoms. The Bertz CT molecular complexity index is 1180. The van der Waals surface area contributed by atoms with Crippen molar-refractivity contribution in [2.75, 3.05) is 31.2 Å². The minimum Gasteiger partial charge on any atom is -0.378 e. The molecule has 1 fully saturated rings. The Morgan fingerprint density at radius 3 is 2.52 bits per heavy atom. The molecule has 7 nitrogen and oxygen atoms in total. The minimum absolute atomic E-state index is 0.129. The highest BCUT2D eigenvalue weighted by atomic mass is 16.5. The summed E-state index contributed by atoms with van der Waals surface area (Å²) < 4.78 is 5.47. The molecule has 0 unspecified atom stereocenters. The van der Waals surface area contributed by atoms with Crippen molar-refractivity contribution in [1.29, 1.82) is 0 Å². The lowest BCUT2D eigenvalue weighted by atomic mass is 10.0. The molecule has 1 amide bonds. The van der Waals surface area contributed by atoms with Gasteiger partial charge in [-0.2, -0.15) is 0 Å². The molecule has 2 aromatic heterocycles. The molecule has 0 saturated carbocycles. The summed E-state index contributed by atoms with van der Waals surface area (Å²) in [4.78, 5) is 28.4. The number of rotatable bonds is 5. The smallest absolute Gasteiger partial charge is 0.289 e. The Morgan fingerprint density at radius 2 is 1.79 bits per heavy atom. The number of carbonyl (C=O) groups excluding carboxylic acids is 1. The van der Waals surface area contributed by atoms with Gasteiger partial charge in [0.1, 0.15) is 0 Å². The van der Waals surface area contributed by atoms with E-state index >= 15 is 0 Å². The van der Waals surface area contributed by atoms with Gasteiger partial charge < -0.3 is 15.0 Å². The third kappa shape index (κ3) is 4.50. The number of allylic oxidation sites excluding steroid dienone is 1. The number of morpholine rings is 1.